The summed E-state index contributed by atoms with van der Waals surface area (Å²) in [5.41, 5.74) is 2.15. The number of carbonyl (C=O) groups excluding carboxylic acids is 1. The van der Waals surface area contributed by atoms with Crippen molar-refractivity contribution >= 4 is 5.91 Å². The van der Waals surface area contributed by atoms with E-state index in [1.165, 1.54) is 0 Å². The van der Waals surface area contributed by atoms with E-state index in [0.29, 0.717) is 17.1 Å². The summed E-state index contributed by atoms with van der Waals surface area (Å²) in [6.45, 7) is 0.109. The van der Waals surface area contributed by atoms with Crippen molar-refractivity contribution in [3.05, 3.63) is 119 Å². The molecule has 0 spiro atoms. The first kappa shape index (κ1) is 20.9. The van der Waals surface area contributed by atoms with Gasteiger partial charge in [-0.15, -0.1) is 0 Å². The number of nitrogens with zero attached hydrogens (tertiary/aromatic N) is 3. The molecule has 1 amide bonds. The Morgan fingerprint density at radius 1 is 1.03 bits per heavy atom. The molecule has 0 aliphatic heterocycles. The maximum absolute atomic E-state index is 13.2. The summed E-state index contributed by atoms with van der Waals surface area (Å²) >= 11 is 0. The number of benzene rings is 2. The highest BCUT2D eigenvalue weighted by Gasteiger charge is 2.27. The lowest BCUT2D eigenvalue weighted by atomic mass is 10.0. The van der Waals surface area contributed by atoms with Gasteiger partial charge in [0, 0.05) is 13.2 Å². The third-order valence-electron chi connectivity index (χ3n) is 5.04. The van der Waals surface area contributed by atoms with E-state index in [9.17, 15) is 10.1 Å². The summed E-state index contributed by atoms with van der Waals surface area (Å²) in [5, 5.41) is 9.18. The first-order chi connectivity index (χ1) is 15.7. The molecule has 2 aromatic carbocycles. The van der Waals surface area contributed by atoms with Crippen molar-refractivity contribution in [3.63, 3.8) is 0 Å². The number of ether oxygens (including phenoxy) is 1. The predicted octanol–water partition coefficient (Wildman–Crippen LogP) is 4.99. The van der Waals surface area contributed by atoms with Crippen molar-refractivity contribution in [2.45, 2.75) is 12.6 Å². The van der Waals surface area contributed by atoms with Crippen LogP contribution in [0.1, 0.15) is 39.2 Å². The molecule has 0 bridgehead atoms. The lowest BCUT2D eigenvalue weighted by Crippen LogP contribution is -2.32. The Bertz CT molecular complexity index is 1190. The van der Waals surface area contributed by atoms with E-state index in [2.05, 4.69) is 11.1 Å². The normalized spacial score (nSPS) is 11.4. The molecule has 0 N–H and O–H groups in total. The van der Waals surface area contributed by atoms with Crippen LogP contribution in [0.2, 0.25) is 0 Å². The minimum absolute atomic E-state index is 0.109. The molecule has 0 aliphatic rings. The highest BCUT2D eigenvalue weighted by molar-refractivity contribution is 5.91. The van der Waals surface area contributed by atoms with E-state index >= 15 is 0 Å². The van der Waals surface area contributed by atoms with Gasteiger partial charge in [0.1, 0.15) is 24.2 Å². The van der Waals surface area contributed by atoms with E-state index in [0.717, 1.165) is 11.3 Å². The van der Waals surface area contributed by atoms with Crippen LogP contribution in [0.15, 0.2) is 95.5 Å². The molecule has 0 saturated carbocycles. The monoisotopic (exact) mass is 423 g/mol. The molecule has 4 rings (SSSR count). The van der Waals surface area contributed by atoms with Gasteiger partial charge >= 0.3 is 0 Å². The highest BCUT2D eigenvalue weighted by atomic mass is 16.5. The van der Waals surface area contributed by atoms with Crippen molar-refractivity contribution in [2.24, 2.45) is 0 Å². The lowest BCUT2D eigenvalue weighted by molar-refractivity contribution is 0.0716. The average Bonchev–Trinajstić information content (AvgIpc) is 3.33. The summed E-state index contributed by atoms with van der Waals surface area (Å²) < 4.78 is 11.5. The summed E-state index contributed by atoms with van der Waals surface area (Å²) in [6.07, 6.45) is 1.71. The van der Waals surface area contributed by atoms with Gasteiger partial charge in [-0.05, 0) is 42.0 Å². The molecule has 0 radical (unpaired) electrons. The molecular weight excluding hydrogens is 402 g/mol. The zero-order valence-corrected chi connectivity index (χ0v) is 17.5. The number of aromatic nitrogens is 1. The van der Waals surface area contributed by atoms with Gasteiger partial charge in [0.25, 0.3) is 5.91 Å². The molecule has 6 nitrogen and oxygen atoms in total. The number of pyridine rings is 1. The van der Waals surface area contributed by atoms with Gasteiger partial charge in [-0.3, -0.25) is 9.78 Å². The van der Waals surface area contributed by atoms with E-state index in [1.54, 1.807) is 54.5 Å². The molecule has 1 atom stereocenters. The van der Waals surface area contributed by atoms with Crippen molar-refractivity contribution in [3.8, 4) is 11.8 Å². The van der Waals surface area contributed by atoms with Gasteiger partial charge in [0.05, 0.1) is 17.3 Å². The number of rotatable bonds is 7. The van der Waals surface area contributed by atoms with Gasteiger partial charge in [0.15, 0.2) is 5.76 Å². The fraction of sp³-hybridized carbons (Fsp3) is 0.115. The van der Waals surface area contributed by atoms with Gasteiger partial charge in [0.2, 0.25) is 0 Å². The van der Waals surface area contributed by atoms with Crippen LogP contribution in [0.5, 0.6) is 5.75 Å². The Morgan fingerprint density at radius 3 is 2.53 bits per heavy atom. The second kappa shape index (κ2) is 9.63. The van der Waals surface area contributed by atoms with Crippen molar-refractivity contribution in [2.75, 3.05) is 7.05 Å². The Morgan fingerprint density at radius 2 is 1.78 bits per heavy atom. The molecule has 0 aliphatic carbocycles. The van der Waals surface area contributed by atoms with Crippen LogP contribution in [0.25, 0.3) is 0 Å². The second-order valence-electron chi connectivity index (χ2n) is 7.15. The van der Waals surface area contributed by atoms with E-state index in [1.807, 2.05) is 48.5 Å². The zero-order chi connectivity index (χ0) is 22.3. The minimum Gasteiger partial charge on any atom is -0.484 e. The third-order valence-corrected chi connectivity index (χ3v) is 5.04. The number of furan rings is 1. The Labute approximate surface area is 186 Å². The molecule has 4 aromatic rings. The fourth-order valence-electron chi connectivity index (χ4n) is 3.46. The number of para-hydroxylation sites is 1. The van der Waals surface area contributed by atoms with Gasteiger partial charge < -0.3 is 14.1 Å². The van der Waals surface area contributed by atoms with Crippen molar-refractivity contribution in [1.82, 2.24) is 9.88 Å². The number of hydrogen-bond acceptors (Lipinski definition) is 5. The minimum atomic E-state index is -0.364. The Balaban J connectivity index is 1.53. The number of hydrogen-bond donors (Lipinski definition) is 0. The number of amides is 1. The standard InChI is InChI=1S/C26H21N3O3/c1-29(25(19-9-3-2-4-10-19)22-12-7-8-16-28-22)26(30)24-15-14-21(32-24)18-31-23-13-6-5-11-20(23)17-27/h2-16,25H,18H2,1H3. The number of nitriles is 1. The van der Waals surface area contributed by atoms with Gasteiger partial charge in [-0.25, -0.2) is 0 Å². The van der Waals surface area contributed by atoms with Crippen LogP contribution in [0, 0.1) is 11.3 Å². The van der Waals surface area contributed by atoms with Crippen LogP contribution >= 0.6 is 0 Å². The summed E-state index contributed by atoms with van der Waals surface area (Å²) in [5.74, 6) is 0.893. The maximum Gasteiger partial charge on any atom is 0.290 e. The summed E-state index contributed by atoms with van der Waals surface area (Å²) in [6, 6.07) is 27.4. The molecule has 0 fully saturated rings. The molecule has 2 heterocycles. The van der Waals surface area contributed by atoms with Crippen LogP contribution in [-0.4, -0.2) is 22.8 Å². The Kier molecular flexibility index (Phi) is 6.28. The SMILES string of the molecule is CN(C(=O)c1ccc(COc2ccccc2C#N)o1)C(c1ccccc1)c1ccccn1. The summed E-state index contributed by atoms with van der Waals surface area (Å²) in [4.78, 5) is 19.3. The topological polar surface area (TPSA) is 79.4 Å². The van der Waals surface area contributed by atoms with Crippen LogP contribution in [0.3, 0.4) is 0 Å². The van der Waals surface area contributed by atoms with Crippen molar-refractivity contribution in [1.29, 1.82) is 5.26 Å². The largest absolute Gasteiger partial charge is 0.484 e. The van der Waals surface area contributed by atoms with E-state index in [4.69, 9.17) is 9.15 Å². The molecule has 0 saturated heterocycles. The summed E-state index contributed by atoms with van der Waals surface area (Å²) in [7, 11) is 1.73. The molecule has 1 unspecified atom stereocenters. The average molecular weight is 423 g/mol. The maximum atomic E-state index is 13.2. The molecular formula is C26H21N3O3. The quantitative estimate of drug-likeness (QED) is 0.419. The highest BCUT2D eigenvalue weighted by Crippen LogP contribution is 2.28. The smallest absolute Gasteiger partial charge is 0.290 e. The molecule has 158 valence electrons. The second-order valence-corrected chi connectivity index (χ2v) is 7.15. The first-order valence-electron chi connectivity index (χ1n) is 10.1. The molecule has 32 heavy (non-hydrogen) atoms. The molecule has 2 aromatic heterocycles. The van der Waals surface area contributed by atoms with E-state index in [-0.39, 0.29) is 24.3 Å². The number of carbonyl (C=O) groups is 1. The van der Waals surface area contributed by atoms with Crippen LogP contribution < -0.4 is 4.74 Å². The van der Waals surface area contributed by atoms with Crippen molar-refractivity contribution < 1.29 is 13.9 Å². The first-order valence-corrected chi connectivity index (χ1v) is 10.1. The van der Waals surface area contributed by atoms with Gasteiger partial charge in [-0.2, -0.15) is 5.26 Å². The van der Waals surface area contributed by atoms with E-state index < -0.39 is 0 Å². The third kappa shape index (κ3) is 4.52. The zero-order valence-electron chi connectivity index (χ0n) is 17.5. The lowest BCUT2D eigenvalue weighted by Gasteiger charge is -2.27. The van der Waals surface area contributed by atoms with Crippen LogP contribution in [-0.2, 0) is 6.61 Å². The predicted molar refractivity (Wildman–Crippen MR) is 119 cm³/mol. The van der Waals surface area contributed by atoms with Gasteiger partial charge in [-0.1, -0.05) is 48.5 Å². The van der Waals surface area contributed by atoms with Crippen LogP contribution in [0.4, 0.5) is 0 Å². The Hall–Kier alpha value is -4.37. The fourth-order valence-corrected chi connectivity index (χ4v) is 3.46. The molecule has 6 heteroatoms.